The van der Waals surface area contributed by atoms with E-state index in [-0.39, 0.29) is 12.4 Å². The summed E-state index contributed by atoms with van der Waals surface area (Å²) in [6, 6.07) is 0. The van der Waals surface area contributed by atoms with Crippen molar-refractivity contribution in [1.29, 1.82) is 0 Å². The number of unbranched alkanes of at least 4 members (excludes halogenated alkanes) is 14. The van der Waals surface area contributed by atoms with Gasteiger partial charge in [-0.2, -0.15) is 0 Å². The molecule has 0 rings (SSSR count). The van der Waals surface area contributed by atoms with Gasteiger partial charge in [-0.1, -0.05) is 96.8 Å². The molecule has 0 fully saturated rings. The Morgan fingerprint density at radius 3 is 1.10 bits per heavy atom. The Morgan fingerprint density at radius 2 is 0.810 bits per heavy atom. The van der Waals surface area contributed by atoms with Gasteiger partial charge in [0.1, 0.15) is 0 Å². The Kier molecular flexibility index (Phi) is 22.6. The van der Waals surface area contributed by atoms with Gasteiger partial charge in [0.25, 0.3) is 0 Å². The highest BCUT2D eigenvalue weighted by Gasteiger charge is 1.97. The fourth-order valence-corrected chi connectivity index (χ4v) is 2.70. The first-order valence-corrected chi connectivity index (χ1v) is 9.13. The number of halogens is 1. The van der Waals surface area contributed by atoms with Crippen molar-refractivity contribution in [3.8, 4) is 0 Å². The van der Waals surface area contributed by atoms with Gasteiger partial charge in [0.15, 0.2) is 6.29 Å². The number of hydrogen-bond donors (Lipinski definition) is 2. The Hall–Kier alpha value is 0.210. The third kappa shape index (κ3) is 22.6. The second-order valence-electron chi connectivity index (χ2n) is 6.22. The van der Waals surface area contributed by atoms with Gasteiger partial charge in [-0.3, -0.25) is 0 Å². The van der Waals surface area contributed by atoms with Gasteiger partial charge in [-0.25, -0.2) is 0 Å². The molecule has 3 heteroatoms. The van der Waals surface area contributed by atoms with Crippen LogP contribution in [-0.4, -0.2) is 16.5 Å². The SMILES string of the molecule is CCCCCCCCCCCCCCCCCC(O)O.Cl. The minimum absolute atomic E-state index is 0. The van der Waals surface area contributed by atoms with Gasteiger partial charge in [0.05, 0.1) is 0 Å². The molecule has 130 valence electrons. The van der Waals surface area contributed by atoms with Crippen LogP contribution in [0.1, 0.15) is 110 Å². The van der Waals surface area contributed by atoms with Crippen molar-refractivity contribution >= 4 is 12.4 Å². The van der Waals surface area contributed by atoms with Crippen molar-refractivity contribution in [2.24, 2.45) is 0 Å². The summed E-state index contributed by atoms with van der Waals surface area (Å²) in [7, 11) is 0. The number of aliphatic hydroxyl groups excluding tert-OH is 1. The molecular weight excluding hydrogens is 284 g/mol. The summed E-state index contributed by atoms with van der Waals surface area (Å²) in [5, 5.41) is 17.4. The Morgan fingerprint density at radius 1 is 0.524 bits per heavy atom. The van der Waals surface area contributed by atoms with E-state index in [9.17, 15) is 0 Å². The van der Waals surface area contributed by atoms with Crippen molar-refractivity contribution < 1.29 is 10.2 Å². The molecule has 0 aliphatic rings. The van der Waals surface area contributed by atoms with Gasteiger partial charge in [0.2, 0.25) is 0 Å². The standard InChI is InChI=1S/C18H38O2.ClH/c1-2-3-4-5-6-7-8-9-10-11-12-13-14-15-16-17-18(19)20;/h18-20H,2-17H2,1H3;1H. The molecule has 0 aliphatic heterocycles. The van der Waals surface area contributed by atoms with E-state index in [1.807, 2.05) is 0 Å². The van der Waals surface area contributed by atoms with Crippen LogP contribution in [0.4, 0.5) is 0 Å². The largest absolute Gasteiger partial charge is 0.368 e. The number of aliphatic hydroxyl groups is 2. The Balaban J connectivity index is 0. The number of rotatable bonds is 16. The van der Waals surface area contributed by atoms with E-state index in [2.05, 4.69) is 6.92 Å². The summed E-state index contributed by atoms with van der Waals surface area (Å²) in [6.45, 7) is 2.27. The monoisotopic (exact) mass is 322 g/mol. The summed E-state index contributed by atoms with van der Waals surface area (Å²) in [5.74, 6) is 0. The van der Waals surface area contributed by atoms with Gasteiger partial charge in [0, 0.05) is 0 Å². The zero-order chi connectivity index (χ0) is 14.9. The average Bonchev–Trinajstić information content (AvgIpc) is 2.43. The lowest BCUT2D eigenvalue weighted by molar-refractivity contribution is -0.0466. The molecule has 0 aromatic rings. The first kappa shape index (κ1) is 23.5. The molecule has 0 spiro atoms. The topological polar surface area (TPSA) is 40.5 Å². The Bertz CT molecular complexity index is 175. The molecule has 0 aliphatic carbocycles. The highest BCUT2D eigenvalue weighted by atomic mass is 35.5. The summed E-state index contributed by atoms with van der Waals surface area (Å²) >= 11 is 0. The minimum atomic E-state index is -1.10. The van der Waals surface area contributed by atoms with Crippen LogP contribution in [0, 0.1) is 0 Å². The summed E-state index contributed by atoms with van der Waals surface area (Å²) < 4.78 is 0. The molecule has 2 N–H and O–H groups in total. The summed E-state index contributed by atoms with van der Waals surface area (Å²) in [5.41, 5.74) is 0. The molecule has 0 radical (unpaired) electrons. The van der Waals surface area contributed by atoms with Gasteiger partial charge >= 0.3 is 0 Å². The average molecular weight is 323 g/mol. The molecule has 0 saturated carbocycles. The lowest BCUT2D eigenvalue weighted by Gasteiger charge is -2.04. The van der Waals surface area contributed by atoms with Crippen LogP contribution in [0.25, 0.3) is 0 Å². The fourth-order valence-electron chi connectivity index (χ4n) is 2.70. The predicted octanol–water partition coefficient (Wildman–Crippen LogP) is 5.98. The van der Waals surface area contributed by atoms with E-state index in [4.69, 9.17) is 10.2 Å². The van der Waals surface area contributed by atoms with Crippen LogP contribution in [0.2, 0.25) is 0 Å². The van der Waals surface area contributed by atoms with E-state index >= 15 is 0 Å². The maximum Gasteiger partial charge on any atom is 0.151 e. The molecule has 21 heavy (non-hydrogen) atoms. The first-order chi connectivity index (χ1) is 9.77. The van der Waals surface area contributed by atoms with Gasteiger partial charge in [-0.15, -0.1) is 12.4 Å². The lowest BCUT2D eigenvalue weighted by Crippen LogP contribution is -2.02. The minimum Gasteiger partial charge on any atom is -0.368 e. The zero-order valence-corrected chi connectivity index (χ0v) is 15.0. The van der Waals surface area contributed by atoms with Crippen LogP contribution in [0.5, 0.6) is 0 Å². The molecular formula is C18H39ClO2. The zero-order valence-electron chi connectivity index (χ0n) is 14.2. The highest BCUT2D eigenvalue weighted by Crippen LogP contribution is 2.13. The van der Waals surface area contributed by atoms with Crippen molar-refractivity contribution in [3.63, 3.8) is 0 Å². The maximum absolute atomic E-state index is 8.71. The van der Waals surface area contributed by atoms with Crippen molar-refractivity contribution in [2.45, 2.75) is 116 Å². The maximum atomic E-state index is 8.71. The van der Waals surface area contributed by atoms with E-state index in [1.165, 1.54) is 83.5 Å². The van der Waals surface area contributed by atoms with Crippen molar-refractivity contribution in [1.82, 2.24) is 0 Å². The normalized spacial score (nSPS) is 10.9. The second-order valence-corrected chi connectivity index (χ2v) is 6.22. The molecule has 0 amide bonds. The van der Waals surface area contributed by atoms with Crippen LogP contribution in [0.3, 0.4) is 0 Å². The van der Waals surface area contributed by atoms with Gasteiger partial charge < -0.3 is 10.2 Å². The van der Waals surface area contributed by atoms with Crippen molar-refractivity contribution in [3.05, 3.63) is 0 Å². The van der Waals surface area contributed by atoms with Crippen LogP contribution < -0.4 is 0 Å². The van der Waals surface area contributed by atoms with E-state index in [0.717, 1.165) is 12.8 Å². The molecule has 0 heterocycles. The third-order valence-electron chi connectivity index (χ3n) is 4.07. The summed E-state index contributed by atoms with van der Waals surface area (Å²) in [4.78, 5) is 0. The second kappa shape index (κ2) is 20.2. The number of hydrogen-bond acceptors (Lipinski definition) is 2. The van der Waals surface area contributed by atoms with Crippen LogP contribution in [0.15, 0.2) is 0 Å². The molecule has 0 bridgehead atoms. The molecule has 0 aromatic carbocycles. The first-order valence-electron chi connectivity index (χ1n) is 9.13. The van der Waals surface area contributed by atoms with Crippen LogP contribution >= 0.6 is 12.4 Å². The molecule has 0 aromatic heterocycles. The fraction of sp³-hybridized carbons (Fsp3) is 1.00. The molecule has 0 saturated heterocycles. The smallest absolute Gasteiger partial charge is 0.151 e. The molecule has 0 atom stereocenters. The Labute approximate surface area is 139 Å². The molecule has 2 nitrogen and oxygen atoms in total. The van der Waals surface area contributed by atoms with Crippen LogP contribution in [-0.2, 0) is 0 Å². The van der Waals surface area contributed by atoms with E-state index in [0.29, 0.717) is 6.42 Å². The quantitative estimate of drug-likeness (QED) is 0.271. The third-order valence-corrected chi connectivity index (χ3v) is 4.07. The lowest BCUT2D eigenvalue weighted by atomic mass is 10.0. The van der Waals surface area contributed by atoms with E-state index < -0.39 is 6.29 Å². The van der Waals surface area contributed by atoms with Gasteiger partial charge in [-0.05, 0) is 12.8 Å². The summed E-state index contributed by atoms with van der Waals surface area (Å²) in [6.07, 6.45) is 19.6. The highest BCUT2D eigenvalue weighted by molar-refractivity contribution is 5.85. The van der Waals surface area contributed by atoms with E-state index in [1.54, 1.807) is 0 Å². The van der Waals surface area contributed by atoms with Crippen molar-refractivity contribution in [2.75, 3.05) is 0 Å². The predicted molar refractivity (Wildman–Crippen MR) is 95.0 cm³/mol. The molecule has 0 unspecified atom stereocenters.